The van der Waals surface area contributed by atoms with Crippen LogP contribution < -0.4 is 14.8 Å². The first-order chi connectivity index (χ1) is 14.4. The van der Waals surface area contributed by atoms with Crippen LogP contribution in [0.1, 0.15) is 43.9 Å². The van der Waals surface area contributed by atoms with Crippen LogP contribution in [0.2, 0.25) is 0 Å². The highest BCUT2D eigenvalue weighted by Crippen LogP contribution is 2.32. The first kappa shape index (κ1) is 22.9. The number of fused-ring (bicyclic) bond motifs is 1. The van der Waals surface area contributed by atoms with Gasteiger partial charge in [-0.15, -0.1) is 0 Å². The van der Waals surface area contributed by atoms with Crippen LogP contribution in [0.3, 0.4) is 0 Å². The van der Waals surface area contributed by atoms with E-state index in [1.54, 1.807) is 0 Å². The predicted octanol–water partition coefficient (Wildman–Crippen LogP) is 4.07. The molecule has 7 nitrogen and oxygen atoms in total. The lowest BCUT2D eigenvalue weighted by Gasteiger charge is -2.28. The maximum atomic E-state index is 14.0. The lowest BCUT2D eigenvalue weighted by atomic mass is 9.85. The second-order valence-corrected chi connectivity index (χ2v) is 10.4. The van der Waals surface area contributed by atoms with E-state index in [2.05, 4.69) is 36.9 Å². The number of hydrogen-bond donors (Lipinski definition) is 2. The fourth-order valence-electron chi connectivity index (χ4n) is 3.20. The summed E-state index contributed by atoms with van der Waals surface area (Å²) in [7, 11) is -3.58. The van der Waals surface area contributed by atoms with Gasteiger partial charge in [-0.25, -0.2) is 17.6 Å². The minimum Gasteiger partial charge on any atom is -0.454 e. The molecule has 0 radical (unpaired) electrons. The fraction of sp³-hybridized carbons (Fsp3) is 0.409. The molecule has 0 spiro atoms. The molecule has 0 saturated carbocycles. The molecule has 1 atom stereocenters. The number of rotatable bonds is 5. The number of halogens is 1. The fourth-order valence-corrected chi connectivity index (χ4v) is 3.76. The minimum absolute atomic E-state index is 0.0210. The van der Waals surface area contributed by atoms with Crippen molar-refractivity contribution < 1.29 is 27.1 Å². The molecule has 168 valence electrons. The zero-order chi connectivity index (χ0) is 22.8. The molecular formula is C22H27FN2O5S. The van der Waals surface area contributed by atoms with Gasteiger partial charge < -0.3 is 14.8 Å². The van der Waals surface area contributed by atoms with Crippen LogP contribution in [0, 0.1) is 5.82 Å². The van der Waals surface area contributed by atoms with E-state index in [0.717, 1.165) is 24.3 Å². The van der Waals surface area contributed by atoms with Crippen LogP contribution in [-0.4, -0.2) is 27.1 Å². The summed E-state index contributed by atoms with van der Waals surface area (Å²) in [5.41, 5.74) is 2.65. The highest BCUT2D eigenvalue weighted by Gasteiger charge is 2.25. The lowest BCUT2D eigenvalue weighted by molar-refractivity contribution is -0.0446. The van der Waals surface area contributed by atoms with Crippen molar-refractivity contribution in [3.05, 3.63) is 58.9 Å². The van der Waals surface area contributed by atoms with Crippen molar-refractivity contribution in [3.8, 4) is 5.75 Å². The van der Waals surface area contributed by atoms with E-state index in [0.29, 0.717) is 17.7 Å². The molecule has 0 aliphatic carbocycles. The van der Waals surface area contributed by atoms with Crippen molar-refractivity contribution >= 4 is 21.8 Å². The Balaban J connectivity index is 1.53. The molecule has 2 aromatic carbocycles. The largest absolute Gasteiger partial charge is 0.454 e. The van der Waals surface area contributed by atoms with Gasteiger partial charge in [0.2, 0.25) is 16.3 Å². The van der Waals surface area contributed by atoms with Crippen molar-refractivity contribution in [2.24, 2.45) is 0 Å². The number of amides is 1. The maximum Gasteiger partial charge on any atom is 0.410 e. The maximum absolute atomic E-state index is 14.0. The predicted molar refractivity (Wildman–Crippen MR) is 116 cm³/mol. The molecule has 0 aromatic heterocycles. The standard InChI is InChI=1S/C22H27FN2O5S/c1-22(2,3)16-7-9-19-15(12-16)6-10-20(29-19)30-21(26)24-13-14-5-8-18(17(23)11-14)25-31(4,27)28/h5,7-9,11-12,20,25H,6,10,13H2,1-4H3,(H,24,26). The average molecular weight is 451 g/mol. The van der Waals surface area contributed by atoms with Crippen LogP contribution in [0.5, 0.6) is 5.75 Å². The van der Waals surface area contributed by atoms with Gasteiger partial charge in [0.1, 0.15) is 11.6 Å². The van der Waals surface area contributed by atoms with Crippen molar-refractivity contribution in [3.63, 3.8) is 0 Å². The molecule has 0 saturated heterocycles. The van der Waals surface area contributed by atoms with Gasteiger partial charge in [-0.05, 0) is 46.7 Å². The van der Waals surface area contributed by atoms with Gasteiger partial charge in [0.05, 0.1) is 11.9 Å². The molecule has 1 aliphatic heterocycles. The number of carbonyl (C=O) groups is 1. The van der Waals surface area contributed by atoms with Crippen molar-refractivity contribution in [1.82, 2.24) is 5.32 Å². The lowest BCUT2D eigenvalue weighted by Crippen LogP contribution is -2.34. The third-order valence-electron chi connectivity index (χ3n) is 4.84. The molecule has 2 aromatic rings. The van der Waals surface area contributed by atoms with Gasteiger partial charge >= 0.3 is 6.09 Å². The highest BCUT2D eigenvalue weighted by molar-refractivity contribution is 7.92. The molecule has 2 N–H and O–H groups in total. The van der Waals surface area contributed by atoms with Crippen molar-refractivity contribution in [2.45, 2.75) is 51.9 Å². The molecular weight excluding hydrogens is 423 g/mol. The summed E-state index contributed by atoms with van der Waals surface area (Å²) in [6.45, 7) is 6.47. The van der Waals surface area contributed by atoms with E-state index in [1.807, 2.05) is 12.1 Å². The number of sulfonamides is 1. The third-order valence-corrected chi connectivity index (χ3v) is 5.43. The third kappa shape index (κ3) is 6.33. The quantitative estimate of drug-likeness (QED) is 0.716. The van der Waals surface area contributed by atoms with Gasteiger partial charge in [-0.1, -0.05) is 39.0 Å². The smallest absolute Gasteiger partial charge is 0.410 e. The molecule has 1 aliphatic rings. The van der Waals surface area contributed by atoms with Crippen LogP contribution >= 0.6 is 0 Å². The molecule has 31 heavy (non-hydrogen) atoms. The second-order valence-electron chi connectivity index (χ2n) is 8.61. The van der Waals surface area contributed by atoms with Gasteiger partial charge in [0.25, 0.3) is 0 Å². The van der Waals surface area contributed by atoms with E-state index >= 15 is 0 Å². The molecule has 9 heteroatoms. The number of benzene rings is 2. The number of anilines is 1. The monoisotopic (exact) mass is 450 g/mol. The Morgan fingerprint density at radius 3 is 2.61 bits per heavy atom. The van der Waals surface area contributed by atoms with E-state index in [1.165, 1.54) is 17.7 Å². The molecule has 1 heterocycles. The van der Waals surface area contributed by atoms with E-state index < -0.39 is 28.2 Å². The molecule has 0 fully saturated rings. The van der Waals surface area contributed by atoms with Gasteiger partial charge in [0, 0.05) is 13.0 Å². The Labute approximate surface area is 182 Å². The summed E-state index contributed by atoms with van der Waals surface area (Å²) < 4.78 is 49.7. The van der Waals surface area contributed by atoms with Gasteiger partial charge in [-0.3, -0.25) is 4.72 Å². The Bertz CT molecular complexity index is 1080. The summed E-state index contributed by atoms with van der Waals surface area (Å²) >= 11 is 0. The first-order valence-electron chi connectivity index (χ1n) is 9.91. The number of carbonyl (C=O) groups excluding carboxylic acids is 1. The van der Waals surface area contributed by atoms with Gasteiger partial charge in [0.15, 0.2) is 0 Å². The molecule has 1 unspecified atom stereocenters. The summed E-state index contributed by atoms with van der Waals surface area (Å²) in [4.78, 5) is 12.1. The minimum atomic E-state index is -3.58. The van der Waals surface area contributed by atoms with E-state index in [4.69, 9.17) is 9.47 Å². The van der Waals surface area contributed by atoms with Crippen LogP contribution in [-0.2, 0) is 33.1 Å². The van der Waals surface area contributed by atoms with Crippen LogP contribution in [0.4, 0.5) is 14.9 Å². The number of ether oxygens (including phenoxy) is 2. The van der Waals surface area contributed by atoms with Crippen molar-refractivity contribution in [2.75, 3.05) is 11.0 Å². The SMILES string of the molecule is CC(C)(C)c1ccc2c(c1)CCC(OC(=O)NCc1ccc(NS(C)(=O)=O)c(F)c1)O2. The Morgan fingerprint density at radius 1 is 1.23 bits per heavy atom. The molecule has 0 bridgehead atoms. The van der Waals surface area contributed by atoms with E-state index in [-0.39, 0.29) is 17.6 Å². The van der Waals surface area contributed by atoms with Crippen LogP contribution in [0.15, 0.2) is 36.4 Å². The number of alkyl carbamates (subject to hydrolysis) is 1. The molecule has 3 rings (SSSR count). The summed E-state index contributed by atoms with van der Waals surface area (Å²) in [6.07, 6.45) is 0.823. The number of hydrogen-bond acceptors (Lipinski definition) is 5. The van der Waals surface area contributed by atoms with Crippen LogP contribution in [0.25, 0.3) is 0 Å². The first-order valence-corrected chi connectivity index (χ1v) is 11.8. The Hall–Kier alpha value is -2.81. The number of aryl methyl sites for hydroxylation is 1. The normalized spacial score (nSPS) is 16.1. The Morgan fingerprint density at radius 2 is 1.97 bits per heavy atom. The summed E-state index contributed by atoms with van der Waals surface area (Å²) in [5.74, 6) is -0.0342. The van der Waals surface area contributed by atoms with Crippen molar-refractivity contribution in [1.29, 1.82) is 0 Å². The average Bonchev–Trinajstić information content (AvgIpc) is 2.66. The number of nitrogens with one attached hydrogen (secondary N) is 2. The molecule has 1 amide bonds. The summed E-state index contributed by atoms with van der Waals surface area (Å²) in [6, 6.07) is 10.00. The second kappa shape index (κ2) is 8.74. The zero-order valence-electron chi connectivity index (χ0n) is 18.0. The van der Waals surface area contributed by atoms with Gasteiger partial charge in [-0.2, -0.15) is 0 Å². The zero-order valence-corrected chi connectivity index (χ0v) is 18.8. The topological polar surface area (TPSA) is 93.7 Å². The Kier molecular flexibility index (Phi) is 6.45. The highest BCUT2D eigenvalue weighted by atomic mass is 32.2. The summed E-state index contributed by atoms with van der Waals surface area (Å²) in [5, 5.41) is 2.55. The van der Waals surface area contributed by atoms with E-state index in [9.17, 15) is 17.6 Å².